The quantitative estimate of drug-likeness (QED) is 0.597. The summed E-state index contributed by atoms with van der Waals surface area (Å²) in [6, 6.07) is 19.3. The molecular formula is C23H23N5O3. The van der Waals surface area contributed by atoms with Crippen molar-refractivity contribution in [2.24, 2.45) is 0 Å². The lowest BCUT2D eigenvalue weighted by atomic mass is 10.1. The van der Waals surface area contributed by atoms with Gasteiger partial charge in [0, 0.05) is 30.9 Å². The molecule has 8 heteroatoms. The predicted octanol–water partition coefficient (Wildman–Crippen LogP) is 2.11. The number of imide groups is 1. The van der Waals surface area contributed by atoms with Crippen LogP contribution in [0.1, 0.15) is 11.1 Å². The van der Waals surface area contributed by atoms with E-state index in [4.69, 9.17) is 5.10 Å². The van der Waals surface area contributed by atoms with E-state index in [1.807, 2.05) is 71.5 Å². The lowest BCUT2D eigenvalue weighted by molar-refractivity contribution is -0.130. The summed E-state index contributed by atoms with van der Waals surface area (Å²) < 4.78 is 1.85. The van der Waals surface area contributed by atoms with Crippen molar-refractivity contribution in [3.05, 3.63) is 78.0 Å². The summed E-state index contributed by atoms with van der Waals surface area (Å²) in [4.78, 5) is 38.5. The number of benzene rings is 2. The maximum Gasteiger partial charge on any atom is 0.327 e. The smallest absolute Gasteiger partial charge is 0.327 e. The van der Waals surface area contributed by atoms with Gasteiger partial charge in [0.15, 0.2) is 0 Å². The first-order valence-corrected chi connectivity index (χ1v) is 9.99. The molecule has 0 bridgehead atoms. The van der Waals surface area contributed by atoms with E-state index in [0.29, 0.717) is 6.54 Å². The Hall–Kier alpha value is -3.94. The van der Waals surface area contributed by atoms with Crippen LogP contribution in [0.25, 0.3) is 11.3 Å². The van der Waals surface area contributed by atoms with Gasteiger partial charge in [0.25, 0.3) is 5.91 Å². The van der Waals surface area contributed by atoms with E-state index in [2.05, 4.69) is 5.32 Å². The number of likely N-dealkylation sites (N-methyl/N-ethyl adjacent to an activating group) is 1. The summed E-state index contributed by atoms with van der Waals surface area (Å²) >= 11 is 0. The van der Waals surface area contributed by atoms with Crippen LogP contribution in [0.5, 0.6) is 0 Å². The molecule has 1 saturated heterocycles. The second-order valence-corrected chi connectivity index (χ2v) is 7.45. The Bertz CT molecular complexity index is 1090. The maximum atomic E-state index is 12.4. The van der Waals surface area contributed by atoms with E-state index in [-0.39, 0.29) is 25.5 Å². The van der Waals surface area contributed by atoms with Crippen LogP contribution in [-0.4, -0.2) is 57.6 Å². The maximum absolute atomic E-state index is 12.4. The zero-order valence-electron chi connectivity index (χ0n) is 17.2. The minimum absolute atomic E-state index is 0.00345. The molecule has 0 spiro atoms. The van der Waals surface area contributed by atoms with Crippen LogP contribution in [0.4, 0.5) is 4.79 Å². The van der Waals surface area contributed by atoms with Crippen LogP contribution < -0.4 is 5.32 Å². The summed E-state index contributed by atoms with van der Waals surface area (Å²) in [7, 11) is 1.53. The summed E-state index contributed by atoms with van der Waals surface area (Å²) in [5, 5.41) is 7.54. The number of nitrogens with zero attached hydrogens (tertiary/aromatic N) is 4. The molecule has 8 nitrogen and oxygen atoms in total. The van der Waals surface area contributed by atoms with Gasteiger partial charge in [-0.1, -0.05) is 60.7 Å². The van der Waals surface area contributed by atoms with E-state index < -0.39 is 11.9 Å². The van der Waals surface area contributed by atoms with Crippen molar-refractivity contribution < 1.29 is 14.4 Å². The second kappa shape index (κ2) is 8.83. The van der Waals surface area contributed by atoms with E-state index >= 15 is 0 Å². The molecule has 1 fully saturated rings. The largest absolute Gasteiger partial charge is 0.350 e. The number of hydrogen-bond donors (Lipinski definition) is 1. The molecule has 1 aliphatic heterocycles. The monoisotopic (exact) mass is 417 g/mol. The van der Waals surface area contributed by atoms with Crippen LogP contribution >= 0.6 is 0 Å². The molecule has 4 rings (SSSR count). The van der Waals surface area contributed by atoms with Crippen LogP contribution in [0.15, 0.2) is 66.9 Å². The topological polar surface area (TPSA) is 87.5 Å². The van der Waals surface area contributed by atoms with Crippen LogP contribution in [0.2, 0.25) is 0 Å². The lowest BCUT2D eigenvalue weighted by Crippen LogP contribution is -2.40. The van der Waals surface area contributed by atoms with Gasteiger partial charge in [-0.15, -0.1) is 0 Å². The van der Waals surface area contributed by atoms with E-state index in [9.17, 15) is 14.4 Å². The minimum atomic E-state index is -0.458. The summed E-state index contributed by atoms with van der Waals surface area (Å²) in [6.45, 7) is 0.555. The fourth-order valence-corrected chi connectivity index (χ4v) is 3.50. The Morgan fingerprint density at radius 3 is 2.35 bits per heavy atom. The third-order valence-electron chi connectivity index (χ3n) is 5.08. The second-order valence-electron chi connectivity index (χ2n) is 7.45. The van der Waals surface area contributed by atoms with E-state index in [0.717, 1.165) is 27.3 Å². The number of carbonyl (C=O) groups is 3. The molecular weight excluding hydrogens is 394 g/mol. The molecule has 0 atom stereocenters. The highest BCUT2D eigenvalue weighted by molar-refractivity contribution is 6.04. The Morgan fingerprint density at radius 2 is 1.71 bits per heavy atom. The van der Waals surface area contributed by atoms with Crippen molar-refractivity contribution in [2.45, 2.75) is 13.1 Å². The van der Waals surface area contributed by atoms with Crippen molar-refractivity contribution in [2.75, 3.05) is 20.1 Å². The normalized spacial score (nSPS) is 13.7. The average molecular weight is 417 g/mol. The van der Waals surface area contributed by atoms with E-state index in [1.165, 1.54) is 11.9 Å². The number of carbonyl (C=O) groups excluding carboxylic acids is 3. The van der Waals surface area contributed by atoms with Crippen molar-refractivity contribution in [3.8, 4) is 11.3 Å². The van der Waals surface area contributed by atoms with Gasteiger partial charge in [0.1, 0.15) is 13.1 Å². The molecule has 0 aliphatic carbocycles. The van der Waals surface area contributed by atoms with Gasteiger partial charge >= 0.3 is 6.03 Å². The highest BCUT2D eigenvalue weighted by Crippen LogP contribution is 2.22. The molecule has 4 amide bonds. The Kier molecular flexibility index (Phi) is 5.79. The zero-order chi connectivity index (χ0) is 21.8. The highest BCUT2D eigenvalue weighted by Gasteiger charge is 2.34. The molecule has 1 N–H and O–H groups in total. The summed E-state index contributed by atoms with van der Waals surface area (Å²) in [6.07, 6.45) is 1.91. The predicted molar refractivity (Wildman–Crippen MR) is 115 cm³/mol. The summed E-state index contributed by atoms with van der Waals surface area (Å²) in [5.74, 6) is -0.768. The first-order chi connectivity index (χ1) is 15.0. The van der Waals surface area contributed by atoms with Crippen LogP contribution in [-0.2, 0) is 22.7 Å². The standard InChI is InChI=1S/C23H23N5O3/c1-26-16-21(30)28(23(26)31)15-20(29)24-12-19-14-27(13-17-8-4-2-5-9-17)25-22(19)18-10-6-3-7-11-18/h2-11,14H,12-13,15-16H2,1H3,(H,24,29). The lowest BCUT2D eigenvalue weighted by Gasteiger charge is -2.13. The van der Waals surface area contributed by atoms with Crippen molar-refractivity contribution in [3.63, 3.8) is 0 Å². The van der Waals surface area contributed by atoms with Crippen molar-refractivity contribution >= 4 is 17.8 Å². The van der Waals surface area contributed by atoms with Gasteiger partial charge in [0.05, 0.1) is 12.2 Å². The van der Waals surface area contributed by atoms with Gasteiger partial charge in [-0.3, -0.25) is 19.2 Å². The summed E-state index contributed by atoms with van der Waals surface area (Å²) in [5.41, 5.74) is 3.71. The molecule has 158 valence electrons. The van der Waals surface area contributed by atoms with E-state index in [1.54, 1.807) is 0 Å². The number of rotatable bonds is 7. The van der Waals surface area contributed by atoms with Crippen molar-refractivity contribution in [1.29, 1.82) is 0 Å². The van der Waals surface area contributed by atoms with Gasteiger partial charge in [-0.2, -0.15) is 5.10 Å². The first-order valence-electron chi connectivity index (χ1n) is 9.99. The van der Waals surface area contributed by atoms with Crippen molar-refractivity contribution in [1.82, 2.24) is 24.9 Å². The molecule has 2 heterocycles. The molecule has 1 aromatic heterocycles. The fourth-order valence-electron chi connectivity index (χ4n) is 3.50. The number of hydrogen-bond acceptors (Lipinski definition) is 4. The molecule has 1 aliphatic rings. The highest BCUT2D eigenvalue weighted by atomic mass is 16.2. The third-order valence-corrected chi connectivity index (χ3v) is 5.08. The molecule has 0 unspecified atom stereocenters. The molecule has 2 aromatic carbocycles. The van der Waals surface area contributed by atoms with Gasteiger partial charge in [-0.25, -0.2) is 4.79 Å². The first kappa shape index (κ1) is 20.3. The number of aromatic nitrogens is 2. The molecule has 31 heavy (non-hydrogen) atoms. The Balaban J connectivity index is 1.49. The van der Waals surface area contributed by atoms with Crippen LogP contribution in [0.3, 0.4) is 0 Å². The third kappa shape index (κ3) is 4.63. The van der Waals surface area contributed by atoms with Crippen LogP contribution in [0, 0.1) is 0 Å². The zero-order valence-corrected chi connectivity index (χ0v) is 17.2. The average Bonchev–Trinajstić information content (AvgIpc) is 3.29. The number of nitrogens with one attached hydrogen (secondary N) is 1. The molecule has 3 aromatic rings. The Labute approximate surface area is 180 Å². The fraction of sp³-hybridized carbons (Fsp3) is 0.217. The van der Waals surface area contributed by atoms with Gasteiger partial charge in [0.2, 0.25) is 5.91 Å². The number of urea groups is 1. The molecule has 0 saturated carbocycles. The molecule has 0 radical (unpaired) electrons. The SMILES string of the molecule is CN1CC(=O)N(CC(=O)NCc2cn(Cc3ccccc3)nc2-c2ccccc2)C1=O. The van der Waals surface area contributed by atoms with Gasteiger partial charge in [-0.05, 0) is 5.56 Å². The number of amides is 4. The Morgan fingerprint density at radius 1 is 1.03 bits per heavy atom. The van der Waals surface area contributed by atoms with Gasteiger partial charge < -0.3 is 10.2 Å². The minimum Gasteiger partial charge on any atom is -0.350 e.